The number of rotatable bonds is 4. The van der Waals surface area contributed by atoms with E-state index in [0.29, 0.717) is 23.9 Å². The molecule has 0 amide bonds. The predicted molar refractivity (Wildman–Crippen MR) is 92.8 cm³/mol. The molecule has 0 saturated carbocycles. The molecular weight excluding hydrogens is 308 g/mol. The molecule has 4 nitrogen and oxygen atoms in total. The van der Waals surface area contributed by atoms with Crippen molar-refractivity contribution in [2.24, 2.45) is 11.3 Å². The fourth-order valence-electron chi connectivity index (χ4n) is 4.14. The Morgan fingerprint density at radius 1 is 1.09 bits per heavy atom. The van der Waals surface area contributed by atoms with Crippen molar-refractivity contribution in [1.82, 2.24) is 9.21 Å². The highest BCUT2D eigenvalue weighted by atomic mass is 32.2. The summed E-state index contributed by atoms with van der Waals surface area (Å²) in [6.45, 7) is 9.11. The molecule has 0 aromatic heterocycles. The molecule has 0 unspecified atom stereocenters. The lowest BCUT2D eigenvalue weighted by molar-refractivity contribution is 0.144. The molecular formula is C18H28N2O2S. The van der Waals surface area contributed by atoms with Crippen LogP contribution in [0.2, 0.25) is 0 Å². The smallest absolute Gasteiger partial charge is 0.243 e. The Kier molecular flexibility index (Phi) is 4.81. The van der Waals surface area contributed by atoms with Crippen molar-refractivity contribution in [2.45, 2.75) is 38.0 Å². The van der Waals surface area contributed by atoms with Crippen molar-refractivity contribution in [3.8, 4) is 0 Å². The van der Waals surface area contributed by atoms with E-state index in [4.69, 9.17) is 0 Å². The lowest BCUT2D eigenvalue weighted by Gasteiger charge is -2.39. The van der Waals surface area contributed by atoms with Crippen molar-refractivity contribution in [2.75, 3.05) is 32.7 Å². The third-order valence-corrected chi connectivity index (χ3v) is 7.01. The van der Waals surface area contributed by atoms with Gasteiger partial charge in [0, 0.05) is 26.2 Å². The van der Waals surface area contributed by atoms with Crippen molar-refractivity contribution in [1.29, 1.82) is 0 Å². The van der Waals surface area contributed by atoms with Crippen LogP contribution < -0.4 is 0 Å². The van der Waals surface area contributed by atoms with Gasteiger partial charge in [-0.1, -0.05) is 32.0 Å². The molecule has 1 aromatic carbocycles. The average Bonchev–Trinajstić information content (AvgIpc) is 2.89. The van der Waals surface area contributed by atoms with Gasteiger partial charge in [-0.2, -0.15) is 4.31 Å². The highest BCUT2D eigenvalue weighted by Crippen LogP contribution is 2.40. The quantitative estimate of drug-likeness (QED) is 0.849. The molecule has 2 heterocycles. The lowest BCUT2D eigenvalue weighted by atomic mass is 9.80. The maximum absolute atomic E-state index is 12.9. The van der Waals surface area contributed by atoms with Crippen LogP contribution in [0.25, 0.3) is 0 Å². The zero-order valence-electron chi connectivity index (χ0n) is 14.2. The van der Waals surface area contributed by atoms with E-state index in [-0.39, 0.29) is 5.41 Å². The van der Waals surface area contributed by atoms with Crippen LogP contribution in [0, 0.1) is 11.3 Å². The van der Waals surface area contributed by atoms with Crippen molar-refractivity contribution in [3.05, 3.63) is 30.3 Å². The summed E-state index contributed by atoms with van der Waals surface area (Å²) in [6.07, 6.45) is 3.25. The van der Waals surface area contributed by atoms with Gasteiger partial charge in [-0.25, -0.2) is 8.42 Å². The molecule has 5 heteroatoms. The van der Waals surface area contributed by atoms with Gasteiger partial charge in [0.2, 0.25) is 10.0 Å². The van der Waals surface area contributed by atoms with Gasteiger partial charge in [-0.15, -0.1) is 0 Å². The standard InChI is InChI=1S/C18H28N2O2S/c1-16(2)13-19-12-10-18(14-19)9-6-11-20(15-18)23(21,22)17-7-4-3-5-8-17/h3-5,7-8,16H,6,9-15H2,1-2H3/t18-/m0/s1. The van der Waals surface area contributed by atoms with Crippen molar-refractivity contribution in [3.63, 3.8) is 0 Å². The Hall–Kier alpha value is -0.910. The minimum atomic E-state index is -3.35. The molecule has 2 aliphatic rings. The zero-order valence-corrected chi connectivity index (χ0v) is 15.1. The first kappa shape index (κ1) is 16.9. The minimum absolute atomic E-state index is 0.162. The molecule has 0 N–H and O–H groups in total. The third-order valence-electron chi connectivity index (χ3n) is 5.15. The largest absolute Gasteiger partial charge is 0.302 e. The number of hydrogen-bond acceptors (Lipinski definition) is 3. The van der Waals surface area contributed by atoms with E-state index in [0.717, 1.165) is 38.9 Å². The Morgan fingerprint density at radius 3 is 2.52 bits per heavy atom. The molecule has 2 saturated heterocycles. The van der Waals surface area contributed by atoms with Gasteiger partial charge in [-0.05, 0) is 49.3 Å². The summed E-state index contributed by atoms with van der Waals surface area (Å²) in [6, 6.07) is 8.86. The Morgan fingerprint density at radius 2 is 1.83 bits per heavy atom. The van der Waals surface area contributed by atoms with E-state index < -0.39 is 10.0 Å². The highest BCUT2D eigenvalue weighted by molar-refractivity contribution is 7.89. The monoisotopic (exact) mass is 336 g/mol. The Bertz CT molecular complexity index is 630. The lowest BCUT2D eigenvalue weighted by Crippen LogP contribution is -2.47. The van der Waals surface area contributed by atoms with E-state index in [1.807, 2.05) is 6.07 Å². The van der Waals surface area contributed by atoms with Gasteiger partial charge in [0.05, 0.1) is 4.90 Å². The van der Waals surface area contributed by atoms with Crippen LogP contribution in [0.5, 0.6) is 0 Å². The van der Waals surface area contributed by atoms with Crippen molar-refractivity contribution < 1.29 is 8.42 Å². The van der Waals surface area contributed by atoms with Gasteiger partial charge in [0.25, 0.3) is 0 Å². The number of nitrogens with zero attached hydrogens (tertiary/aromatic N) is 2. The Labute approximate surface area is 140 Å². The summed E-state index contributed by atoms with van der Waals surface area (Å²) in [5, 5.41) is 0. The third kappa shape index (κ3) is 3.62. The van der Waals surface area contributed by atoms with E-state index >= 15 is 0 Å². The molecule has 2 fully saturated rings. The second kappa shape index (κ2) is 6.54. The summed E-state index contributed by atoms with van der Waals surface area (Å²) in [5.74, 6) is 0.665. The predicted octanol–water partition coefficient (Wildman–Crippen LogP) is 2.82. The second-order valence-corrected chi connectivity index (χ2v) is 9.57. The van der Waals surface area contributed by atoms with E-state index in [1.54, 1.807) is 28.6 Å². The number of sulfonamides is 1. The summed E-state index contributed by atoms with van der Waals surface area (Å²) >= 11 is 0. The maximum Gasteiger partial charge on any atom is 0.243 e. The van der Waals surface area contributed by atoms with Crippen LogP contribution in [0.3, 0.4) is 0 Å². The maximum atomic E-state index is 12.9. The first-order valence-corrected chi connectivity index (χ1v) is 10.1. The first-order valence-electron chi connectivity index (χ1n) is 8.69. The molecule has 1 aromatic rings. The van der Waals surface area contributed by atoms with Gasteiger partial charge in [0.1, 0.15) is 0 Å². The molecule has 2 aliphatic heterocycles. The second-order valence-electron chi connectivity index (χ2n) is 7.63. The molecule has 1 spiro atoms. The van der Waals surface area contributed by atoms with Crippen LogP contribution in [0.15, 0.2) is 35.2 Å². The SMILES string of the molecule is CC(C)CN1CC[C@@]2(CCCN(S(=O)(=O)c3ccccc3)C2)C1. The van der Waals surface area contributed by atoms with Crippen LogP contribution in [0.1, 0.15) is 33.1 Å². The van der Waals surface area contributed by atoms with E-state index in [1.165, 1.54) is 0 Å². The number of piperidine rings is 1. The number of benzene rings is 1. The van der Waals surface area contributed by atoms with Crippen LogP contribution in [-0.2, 0) is 10.0 Å². The minimum Gasteiger partial charge on any atom is -0.302 e. The molecule has 0 aliphatic carbocycles. The highest BCUT2D eigenvalue weighted by Gasteiger charge is 2.44. The molecule has 1 atom stereocenters. The van der Waals surface area contributed by atoms with Crippen LogP contribution in [-0.4, -0.2) is 50.3 Å². The van der Waals surface area contributed by atoms with Crippen LogP contribution >= 0.6 is 0 Å². The molecule has 0 bridgehead atoms. The molecule has 0 radical (unpaired) electrons. The van der Waals surface area contributed by atoms with E-state index in [9.17, 15) is 8.42 Å². The number of likely N-dealkylation sites (tertiary alicyclic amines) is 1. The first-order chi connectivity index (χ1) is 10.9. The van der Waals surface area contributed by atoms with Crippen molar-refractivity contribution >= 4 is 10.0 Å². The topological polar surface area (TPSA) is 40.6 Å². The summed E-state index contributed by atoms with van der Waals surface area (Å²) in [5.41, 5.74) is 0.162. The van der Waals surface area contributed by atoms with Crippen LogP contribution in [0.4, 0.5) is 0 Å². The summed E-state index contributed by atoms with van der Waals surface area (Å²) in [7, 11) is -3.35. The summed E-state index contributed by atoms with van der Waals surface area (Å²) in [4.78, 5) is 2.94. The Balaban J connectivity index is 1.74. The summed E-state index contributed by atoms with van der Waals surface area (Å²) < 4.78 is 27.5. The number of hydrogen-bond donors (Lipinski definition) is 0. The molecule has 3 rings (SSSR count). The van der Waals surface area contributed by atoms with Gasteiger partial charge < -0.3 is 4.90 Å². The zero-order chi connectivity index (χ0) is 16.5. The fourth-order valence-corrected chi connectivity index (χ4v) is 5.75. The normalized spacial score (nSPS) is 27.1. The fraction of sp³-hybridized carbons (Fsp3) is 0.667. The van der Waals surface area contributed by atoms with Gasteiger partial charge in [0.15, 0.2) is 0 Å². The van der Waals surface area contributed by atoms with E-state index in [2.05, 4.69) is 18.7 Å². The van der Waals surface area contributed by atoms with Gasteiger partial charge >= 0.3 is 0 Å². The molecule has 23 heavy (non-hydrogen) atoms. The van der Waals surface area contributed by atoms with Gasteiger partial charge in [-0.3, -0.25) is 0 Å². The average molecular weight is 337 g/mol. The molecule has 128 valence electrons.